The molecule has 0 aliphatic carbocycles. The average Bonchev–Trinajstić information content (AvgIpc) is 1.60. The fraction of sp³-hybridized carbons (Fsp3) is 0.187. The minimum Gasteiger partial charge on any atom is -0.478 e. The van der Waals surface area contributed by atoms with Crippen LogP contribution in [0.15, 0.2) is 193 Å². The van der Waals surface area contributed by atoms with Gasteiger partial charge in [0.2, 0.25) is 0 Å². The Morgan fingerprint density at radius 3 is 1.18 bits per heavy atom. The summed E-state index contributed by atoms with van der Waals surface area (Å²) in [7, 11) is 8.48. The summed E-state index contributed by atoms with van der Waals surface area (Å²) < 4.78 is 14.9. The lowest BCUT2D eigenvalue weighted by Gasteiger charge is -2.32. The van der Waals surface area contributed by atoms with E-state index in [1.165, 1.54) is 80.2 Å². The smallest absolute Gasteiger partial charge is 0.478 e. The van der Waals surface area contributed by atoms with Crippen molar-refractivity contribution in [1.82, 2.24) is 49.9 Å². The average molecular weight is 1880 g/mol. The minimum absolute atomic E-state index is 0. The van der Waals surface area contributed by atoms with Gasteiger partial charge in [0, 0.05) is 169 Å². The topological polar surface area (TPSA) is 336 Å². The monoisotopic (exact) mass is 1880 g/mol. The van der Waals surface area contributed by atoms with Crippen LogP contribution in [0.2, 0.25) is 20.1 Å². The van der Waals surface area contributed by atoms with Crippen molar-refractivity contribution < 1.29 is 63.7 Å². The molecular weight excluding hydrogens is 1810 g/mol. The highest BCUT2D eigenvalue weighted by Gasteiger charge is 2.52. The van der Waals surface area contributed by atoms with Crippen molar-refractivity contribution in [2.75, 3.05) is 56.4 Å². The maximum atomic E-state index is 12.1. The molecule has 0 atom stereocenters. The fourth-order valence-electron chi connectivity index (χ4n) is 10.2. The Morgan fingerprint density at radius 2 is 0.823 bits per heavy atom. The zero-order chi connectivity index (χ0) is 82.6. The van der Waals surface area contributed by atoms with Crippen LogP contribution in [0.5, 0.6) is 0 Å². The zero-order valence-electron chi connectivity index (χ0n) is 62.7. The highest BCUT2D eigenvalue weighted by Crippen LogP contribution is 2.39. The number of carbonyl (C=O) groups excluding carboxylic acids is 3. The van der Waals surface area contributed by atoms with E-state index in [2.05, 4.69) is 154 Å². The number of amides is 3. The van der Waals surface area contributed by atoms with Crippen LogP contribution in [-0.4, -0.2) is 200 Å². The number of carbonyl (C=O) groups is 4. The molecule has 6 aromatic heterocycles. The molecular formula is C75H78B4Br3Cl5N10O13S3. The number of hydrogen-bond donors (Lipinski definition) is 11. The molecule has 1 saturated heterocycles. The molecule has 1 aliphatic heterocycles. The molecule has 1 aliphatic rings. The van der Waals surface area contributed by atoms with Crippen molar-refractivity contribution >= 4 is 247 Å². The predicted molar refractivity (Wildman–Crippen MR) is 476 cm³/mol. The third kappa shape index (κ3) is 25.9. The van der Waals surface area contributed by atoms with E-state index in [1.54, 1.807) is 88.4 Å². The molecule has 7 heterocycles. The molecule has 3 amide bonds. The number of aromatic amines is 3. The van der Waals surface area contributed by atoms with Gasteiger partial charge in [-0.05, 0) is 185 Å². The standard InChI is InChI=1S/C20H16ClN3OS.C14H18BNO2.C11H7BrN2S.2C9H11BClNO3.C7H6BClO4.C3HBr2NS.C2H7N.ClH/c1-24(2)20(25)12-6-7-15(16(21)10-12)18-11-26-19(23-18)14-4-3-5-17-13(14)8-9-22-17;1-13(2)14(3,4)18-15(17-13)11-6-5-7-12-10(11)8-9-16-12;12-10-6-15-11(14-10)8-2-1-3-9-7(8)4-5-13-9;2*1-12(2)9(13)6-3-4-7(10(14)15)8(11)5-6;9-6-3-4(7(10)11)1-2-5(6)8(12)13;4-2-1-7-3(5)6-2;1-3-2;/h3-11,22H,1-2H3;5-9,16H,1-4H3;1-6,13H;2*3-5,14-15H,1-2H3;1-3,12-13H,(H,10,11);1H;3H,1-2H3;1H. The van der Waals surface area contributed by atoms with E-state index in [0.29, 0.717) is 21.7 Å². The first-order valence-electron chi connectivity index (χ1n) is 33.5. The number of carboxylic acids is 1. The van der Waals surface area contributed by atoms with E-state index < -0.39 is 27.3 Å². The molecule has 38 heteroatoms. The molecule has 0 spiro atoms. The summed E-state index contributed by atoms with van der Waals surface area (Å²) in [5.41, 5.74) is 9.63. The first-order valence-corrected chi connectivity index (χ1v) is 40.0. The summed E-state index contributed by atoms with van der Waals surface area (Å²) >= 11 is 38.2. The van der Waals surface area contributed by atoms with Gasteiger partial charge in [0.1, 0.15) is 19.2 Å². The van der Waals surface area contributed by atoms with Gasteiger partial charge < -0.3 is 79.5 Å². The number of halogens is 8. The van der Waals surface area contributed by atoms with Gasteiger partial charge in [-0.2, -0.15) is 0 Å². The van der Waals surface area contributed by atoms with Gasteiger partial charge in [-0.15, -0.1) is 46.4 Å². The van der Waals surface area contributed by atoms with Gasteiger partial charge >= 0.3 is 34.4 Å². The van der Waals surface area contributed by atoms with E-state index in [-0.39, 0.29) is 85.5 Å². The van der Waals surface area contributed by atoms with Crippen molar-refractivity contribution in [2.45, 2.75) is 38.9 Å². The normalized spacial score (nSPS) is 12.0. The summed E-state index contributed by atoms with van der Waals surface area (Å²) in [5, 5.41) is 76.8. The predicted octanol–water partition coefficient (Wildman–Crippen LogP) is 13.9. The molecule has 0 radical (unpaired) electrons. The van der Waals surface area contributed by atoms with Crippen molar-refractivity contribution in [3.05, 3.63) is 236 Å². The lowest BCUT2D eigenvalue weighted by molar-refractivity contribution is 0.00578. The van der Waals surface area contributed by atoms with E-state index in [0.717, 1.165) is 72.7 Å². The first-order chi connectivity index (χ1) is 52.9. The van der Waals surface area contributed by atoms with Gasteiger partial charge in [-0.3, -0.25) is 14.4 Å². The number of hydrogen-bond acceptors (Lipinski definition) is 19. The van der Waals surface area contributed by atoms with Crippen LogP contribution >= 0.6 is 141 Å². The van der Waals surface area contributed by atoms with E-state index in [4.69, 9.17) is 95.9 Å². The largest absolute Gasteiger partial charge is 0.495 e. The Balaban J connectivity index is 0.000000209. The number of nitrogens with zero attached hydrogens (tertiary/aromatic N) is 6. The molecule has 592 valence electrons. The van der Waals surface area contributed by atoms with Crippen molar-refractivity contribution in [3.63, 3.8) is 0 Å². The van der Waals surface area contributed by atoms with Gasteiger partial charge in [0.25, 0.3) is 17.7 Å². The number of benzene rings is 7. The molecule has 1 fully saturated rings. The zero-order valence-corrected chi connectivity index (χ0v) is 73.7. The number of carboxylic acid groups (broad SMARTS) is 1. The van der Waals surface area contributed by atoms with Crippen LogP contribution < -0.4 is 27.2 Å². The second-order valence-electron chi connectivity index (χ2n) is 25.7. The summed E-state index contributed by atoms with van der Waals surface area (Å²) in [5.74, 6) is -1.55. The first kappa shape index (κ1) is 94.6. The van der Waals surface area contributed by atoms with Crippen LogP contribution in [0, 0.1) is 0 Å². The highest BCUT2D eigenvalue weighted by molar-refractivity contribution is 9.11. The van der Waals surface area contributed by atoms with Crippen LogP contribution in [-0.2, 0) is 9.31 Å². The minimum atomic E-state index is -1.68. The Bertz CT molecular complexity index is 5260. The third-order valence-corrected chi connectivity index (χ3v) is 22.3. The maximum absolute atomic E-state index is 12.1. The molecule has 14 rings (SSSR count). The second kappa shape index (κ2) is 43.6. The van der Waals surface area contributed by atoms with Gasteiger partial charge in [0.15, 0.2) is 3.92 Å². The van der Waals surface area contributed by atoms with Gasteiger partial charge in [-0.25, -0.2) is 19.7 Å². The summed E-state index contributed by atoms with van der Waals surface area (Å²) in [4.78, 5) is 72.7. The Morgan fingerprint density at radius 1 is 0.469 bits per heavy atom. The quantitative estimate of drug-likeness (QED) is 0.0536. The molecule has 0 bridgehead atoms. The number of nitrogens with one attached hydrogen (secondary N) is 4. The molecule has 113 heavy (non-hydrogen) atoms. The molecule has 23 nitrogen and oxygen atoms in total. The maximum Gasteiger partial charge on any atom is 0.495 e. The summed E-state index contributed by atoms with van der Waals surface area (Å²) in [6.45, 7) is 8.29. The molecule has 11 N–H and O–H groups in total. The van der Waals surface area contributed by atoms with E-state index >= 15 is 0 Å². The number of fused-ring (bicyclic) bond motifs is 3. The van der Waals surface area contributed by atoms with Crippen molar-refractivity contribution in [2.24, 2.45) is 0 Å². The van der Waals surface area contributed by atoms with Crippen LogP contribution in [0.3, 0.4) is 0 Å². The lowest BCUT2D eigenvalue weighted by atomic mass is 9.77. The van der Waals surface area contributed by atoms with Crippen LogP contribution in [0.4, 0.5) is 0 Å². The van der Waals surface area contributed by atoms with Crippen molar-refractivity contribution in [3.8, 4) is 32.4 Å². The molecule has 13 aromatic rings. The van der Waals surface area contributed by atoms with Crippen molar-refractivity contribution in [1.29, 1.82) is 0 Å². The van der Waals surface area contributed by atoms with Crippen LogP contribution in [0.1, 0.15) is 69.1 Å². The second-order valence-corrected chi connectivity index (χ2v) is 32.8. The Labute approximate surface area is 718 Å². The van der Waals surface area contributed by atoms with Gasteiger partial charge in [0.05, 0.1) is 27.5 Å². The summed E-state index contributed by atoms with van der Waals surface area (Å²) in [6, 6.07) is 42.4. The number of aromatic nitrogens is 6. The van der Waals surface area contributed by atoms with Gasteiger partial charge in [-0.1, -0.05) is 107 Å². The lowest BCUT2D eigenvalue weighted by Crippen LogP contribution is -2.41. The van der Waals surface area contributed by atoms with E-state index in [1.807, 2.05) is 79.2 Å². The Hall–Kier alpha value is -7.28. The SMILES string of the molecule is Brc1csc(-c2cccc3[nH]ccc23)n1.Brc1csc(Br)n1.CC1(C)OB(c2cccc3[nH]ccc23)OC1(C)C.CN(C)C(=O)c1ccc(-c2csc(-c3cccc4[nH]ccc34)n2)c(Cl)c1.CN(C)C(=O)c1ccc(B(O)O)c(Cl)c1.CN(C)C(=O)c1ccc(B(O)O)c(Cl)c1.CNC.Cl.O=C(O)c1ccc(B(O)O)c(Cl)c1. The number of thiazole rings is 3. The number of H-pyrrole nitrogens is 3. The van der Waals surface area contributed by atoms with E-state index in [9.17, 15) is 19.2 Å². The summed E-state index contributed by atoms with van der Waals surface area (Å²) in [6.07, 6.45) is 5.83. The number of aromatic carboxylic acids is 1. The molecule has 7 aromatic carbocycles. The Kier molecular flexibility index (Phi) is 36.5. The third-order valence-electron chi connectivity index (χ3n) is 16.5. The molecule has 0 unspecified atom stereocenters. The highest BCUT2D eigenvalue weighted by atomic mass is 79.9. The fourth-order valence-corrected chi connectivity index (χ4v) is 15.1. The number of rotatable bonds is 11. The molecule has 0 saturated carbocycles. The van der Waals surface area contributed by atoms with Crippen LogP contribution in [0.25, 0.3) is 65.1 Å².